The number of carbonyl (C=O) groups is 1. The smallest absolute Gasteiger partial charge is 0.204 e. The van der Waals surface area contributed by atoms with Crippen molar-refractivity contribution in [1.82, 2.24) is 24.9 Å². The molecule has 0 aliphatic rings. The first kappa shape index (κ1) is 26.6. The van der Waals surface area contributed by atoms with Crippen molar-refractivity contribution >= 4 is 51.1 Å². The molecule has 0 bridgehead atoms. The van der Waals surface area contributed by atoms with Gasteiger partial charge in [-0.15, -0.1) is 0 Å². The molecule has 4 aromatic heterocycles. The van der Waals surface area contributed by atoms with Crippen molar-refractivity contribution in [1.29, 1.82) is 0 Å². The van der Waals surface area contributed by atoms with Crippen LogP contribution in [0.25, 0.3) is 37.7 Å². The lowest BCUT2D eigenvalue weighted by atomic mass is 10.0. The predicted octanol–water partition coefficient (Wildman–Crippen LogP) is 4.06. The fourth-order valence-corrected chi connectivity index (χ4v) is 4.56. The summed E-state index contributed by atoms with van der Waals surface area (Å²) in [6.07, 6.45) is 5.32. The van der Waals surface area contributed by atoms with Gasteiger partial charge in [-0.2, -0.15) is 0 Å². The molecule has 4 aromatic rings. The summed E-state index contributed by atoms with van der Waals surface area (Å²) in [6.45, 7) is 5.65. The molecule has 1 amide bonds. The highest BCUT2D eigenvalue weighted by Crippen LogP contribution is 2.40. The summed E-state index contributed by atoms with van der Waals surface area (Å²) in [5, 5.41) is 1.10. The Balaban J connectivity index is 0.00000115. The number of nitrogens with two attached hydrogens (primary N) is 2. The number of thiazole rings is 1. The molecular formula is C24H25ClN8O2S. The van der Waals surface area contributed by atoms with Gasteiger partial charge in [-0.05, 0) is 38.5 Å². The summed E-state index contributed by atoms with van der Waals surface area (Å²) in [5.41, 5.74) is 17.0. The number of hydrogen-bond donors (Lipinski definition) is 2. The van der Waals surface area contributed by atoms with Gasteiger partial charge in [-0.1, -0.05) is 22.9 Å². The van der Waals surface area contributed by atoms with Crippen LogP contribution in [0.15, 0.2) is 41.4 Å². The molecular weight excluding hydrogens is 500 g/mol. The zero-order chi connectivity index (χ0) is 26.4. The second kappa shape index (κ2) is 11.6. The Labute approximate surface area is 217 Å². The van der Waals surface area contributed by atoms with E-state index < -0.39 is 0 Å². The number of nitrogens with zero attached hydrogens (tertiary/aromatic N) is 6. The average Bonchev–Trinajstić information content (AvgIpc) is 3.27. The Morgan fingerprint density at radius 2 is 1.81 bits per heavy atom. The van der Waals surface area contributed by atoms with Gasteiger partial charge in [0.05, 0.1) is 25.2 Å². The number of hydrogen-bond acceptors (Lipinski definition) is 10. The fraction of sp³-hybridized carbons (Fsp3) is 0.208. The van der Waals surface area contributed by atoms with Gasteiger partial charge in [0.15, 0.2) is 10.5 Å². The molecule has 0 aliphatic carbocycles. The van der Waals surface area contributed by atoms with Crippen molar-refractivity contribution in [2.75, 3.05) is 14.2 Å². The summed E-state index contributed by atoms with van der Waals surface area (Å²) in [4.78, 5) is 36.2. The van der Waals surface area contributed by atoms with Gasteiger partial charge in [-0.3, -0.25) is 14.8 Å². The fourth-order valence-electron chi connectivity index (χ4n) is 3.49. The topological polar surface area (TPSA) is 155 Å². The first-order chi connectivity index (χ1) is 17.2. The molecule has 10 nitrogen and oxygen atoms in total. The van der Waals surface area contributed by atoms with Crippen molar-refractivity contribution in [2.24, 2.45) is 16.5 Å². The lowest BCUT2D eigenvalue weighted by Crippen LogP contribution is -2.07. The normalized spacial score (nSPS) is 12.0. The molecule has 4 rings (SSSR count). The highest BCUT2D eigenvalue weighted by Gasteiger charge is 2.19. The molecule has 4 N–H and O–H groups in total. The first-order valence-corrected chi connectivity index (χ1v) is 11.8. The second-order valence-corrected chi connectivity index (χ2v) is 8.85. The van der Waals surface area contributed by atoms with Crippen molar-refractivity contribution in [3.8, 4) is 27.4 Å². The van der Waals surface area contributed by atoms with E-state index in [1.165, 1.54) is 11.3 Å². The van der Waals surface area contributed by atoms with Crippen LogP contribution in [0.2, 0.25) is 5.15 Å². The molecule has 0 aliphatic heterocycles. The van der Waals surface area contributed by atoms with Crippen molar-refractivity contribution in [3.05, 3.63) is 53.0 Å². The average molecular weight is 525 g/mol. The third kappa shape index (κ3) is 5.64. The number of pyridine rings is 2. The van der Waals surface area contributed by atoms with E-state index in [1.54, 1.807) is 38.8 Å². The summed E-state index contributed by atoms with van der Waals surface area (Å²) < 4.78 is 5.53. The number of halogens is 1. The van der Waals surface area contributed by atoms with E-state index in [0.29, 0.717) is 32.8 Å². The molecule has 0 unspecified atom stereocenters. The number of amides is 1. The van der Waals surface area contributed by atoms with Crippen LogP contribution >= 0.6 is 22.9 Å². The molecule has 0 aromatic carbocycles. The van der Waals surface area contributed by atoms with Crippen LogP contribution in [0.5, 0.6) is 5.75 Å². The van der Waals surface area contributed by atoms with Crippen LogP contribution in [0, 0.1) is 6.92 Å². The molecule has 0 saturated heterocycles. The molecule has 0 fully saturated rings. The Morgan fingerprint density at radius 3 is 2.44 bits per heavy atom. The van der Waals surface area contributed by atoms with Crippen molar-refractivity contribution < 1.29 is 9.53 Å². The quantitative estimate of drug-likeness (QED) is 0.225. The first-order valence-electron chi connectivity index (χ1n) is 10.6. The maximum absolute atomic E-state index is 8.58. The standard InChI is InChI=1S/C23H22ClN7OS.CH3NO/c1-11-6-14(15-7-19(24)28-10-18(15)32-5)16(8-27-11)22-31-21-23(33-22)30-17(9-29-21)20(12(2)25)13(3)26-4;2-1-3/h6-10H,25H2,1-5H3;1H,(H2,2,3)/b20-12+,26-13?;. The minimum Gasteiger partial charge on any atom is -0.494 e. The van der Waals surface area contributed by atoms with Crippen molar-refractivity contribution in [3.63, 3.8) is 0 Å². The van der Waals surface area contributed by atoms with Gasteiger partial charge in [0.2, 0.25) is 6.41 Å². The maximum atomic E-state index is 8.58. The maximum Gasteiger partial charge on any atom is 0.204 e. The Hall–Kier alpha value is -3.96. The summed E-state index contributed by atoms with van der Waals surface area (Å²) in [7, 11) is 3.32. The van der Waals surface area contributed by atoms with Crippen LogP contribution in [-0.4, -0.2) is 51.2 Å². The van der Waals surface area contributed by atoms with Crippen LogP contribution in [-0.2, 0) is 4.79 Å². The molecule has 4 heterocycles. The van der Waals surface area contributed by atoms with E-state index in [9.17, 15) is 0 Å². The van der Waals surface area contributed by atoms with Gasteiger partial charge < -0.3 is 16.2 Å². The minimum atomic E-state index is 0.250. The number of aliphatic imine (C=N–C) groups is 1. The van der Waals surface area contributed by atoms with E-state index in [0.717, 1.165) is 38.7 Å². The lowest BCUT2D eigenvalue weighted by Gasteiger charge is -2.12. The Bertz CT molecular complexity index is 1480. The van der Waals surface area contributed by atoms with E-state index in [1.807, 2.05) is 26.8 Å². The molecule has 36 heavy (non-hydrogen) atoms. The van der Waals surface area contributed by atoms with E-state index >= 15 is 0 Å². The Morgan fingerprint density at radius 1 is 1.08 bits per heavy atom. The number of aryl methyl sites for hydroxylation is 1. The Kier molecular flexibility index (Phi) is 8.62. The number of rotatable bonds is 5. The van der Waals surface area contributed by atoms with Crippen LogP contribution in [0.4, 0.5) is 0 Å². The van der Waals surface area contributed by atoms with E-state index in [-0.39, 0.29) is 6.41 Å². The lowest BCUT2D eigenvalue weighted by molar-refractivity contribution is -0.106. The molecule has 0 radical (unpaired) electrons. The number of fused-ring (bicyclic) bond motifs is 1. The molecule has 12 heteroatoms. The van der Waals surface area contributed by atoms with Crippen LogP contribution in [0.1, 0.15) is 25.2 Å². The molecule has 0 saturated carbocycles. The van der Waals surface area contributed by atoms with Crippen molar-refractivity contribution in [2.45, 2.75) is 20.8 Å². The largest absolute Gasteiger partial charge is 0.494 e. The second-order valence-electron chi connectivity index (χ2n) is 7.48. The van der Waals surface area contributed by atoms with Gasteiger partial charge >= 0.3 is 0 Å². The van der Waals surface area contributed by atoms with Gasteiger partial charge in [0, 0.05) is 47.0 Å². The summed E-state index contributed by atoms with van der Waals surface area (Å²) in [5.74, 6) is 0.605. The highest BCUT2D eigenvalue weighted by atomic mass is 35.5. The third-order valence-electron chi connectivity index (χ3n) is 5.09. The number of ether oxygens (including phenoxy) is 1. The predicted molar refractivity (Wildman–Crippen MR) is 144 cm³/mol. The zero-order valence-corrected chi connectivity index (χ0v) is 22.0. The summed E-state index contributed by atoms with van der Waals surface area (Å²) >= 11 is 7.62. The monoisotopic (exact) mass is 524 g/mol. The number of methoxy groups -OCH3 is 1. The van der Waals surface area contributed by atoms with E-state index in [4.69, 9.17) is 36.8 Å². The van der Waals surface area contributed by atoms with Crippen LogP contribution < -0.4 is 16.2 Å². The van der Waals surface area contributed by atoms with Gasteiger partial charge in [0.1, 0.15) is 15.9 Å². The number of allylic oxidation sites excluding steroid dienone is 2. The SMILES string of the molecule is CN=C(C)/C(=C(/C)N)c1cnc2nc(-c3cnc(C)cc3-c3cc(Cl)ncc3OC)sc2n1.NC=O. The number of primary amides is 1. The van der Waals surface area contributed by atoms with Crippen LogP contribution in [0.3, 0.4) is 0 Å². The highest BCUT2D eigenvalue weighted by molar-refractivity contribution is 7.21. The minimum absolute atomic E-state index is 0.250. The zero-order valence-electron chi connectivity index (χ0n) is 20.4. The van der Waals surface area contributed by atoms with E-state index in [2.05, 4.69) is 25.7 Å². The molecule has 0 atom stereocenters. The number of aromatic nitrogens is 5. The number of carbonyl (C=O) groups excluding carboxylic acids is 1. The summed E-state index contributed by atoms with van der Waals surface area (Å²) in [6, 6.07) is 3.75. The third-order valence-corrected chi connectivity index (χ3v) is 6.26. The van der Waals surface area contributed by atoms with Gasteiger partial charge in [-0.25, -0.2) is 19.9 Å². The molecule has 0 spiro atoms. The molecule has 186 valence electrons. The van der Waals surface area contributed by atoms with Gasteiger partial charge in [0.25, 0.3) is 0 Å².